The second-order valence-electron chi connectivity index (χ2n) is 9.89. The predicted molar refractivity (Wildman–Crippen MR) is 137 cm³/mol. The van der Waals surface area contributed by atoms with Crippen LogP contribution in [-0.2, 0) is 32.9 Å². The summed E-state index contributed by atoms with van der Waals surface area (Å²) >= 11 is 6.15. The van der Waals surface area contributed by atoms with Crippen molar-refractivity contribution in [2.75, 3.05) is 18.9 Å². The summed E-state index contributed by atoms with van der Waals surface area (Å²) in [7, 11) is 1.52. The highest BCUT2D eigenvalue weighted by Crippen LogP contribution is 2.46. The molecule has 1 saturated heterocycles. The second-order valence-corrected chi connectivity index (χ2v) is 10.3. The lowest BCUT2D eigenvalue weighted by molar-refractivity contribution is -0.143. The number of carbonyl (C=O) groups excluding carboxylic acids is 4. The van der Waals surface area contributed by atoms with Crippen molar-refractivity contribution in [1.82, 2.24) is 15.1 Å². The first-order chi connectivity index (χ1) is 17.7. The molecule has 0 bridgehead atoms. The van der Waals surface area contributed by atoms with E-state index in [0.29, 0.717) is 35.2 Å². The van der Waals surface area contributed by atoms with Gasteiger partial charge in [-0.05, 0) is 67.5 Å². The molecule has 2 aliphatic carbocycles. The van der Waals surface area contributed by atoms with Gasteiger partial charge in [-0.1, -0.05) is 29.8 Å². The Bertz CT molecular complexity index is 1280. The summed E-state index contributed by atoms with van der Waals surface area (Å²) in [6.07, 6.45) is 2.05. The fraction of sp³-hybridized carbons (Fsp3) is 0.407. The summed E-state index contributed by atoms with van der Waals surface area (Å²) in [5, 5.41) is 5.77. The Balaban J connectivity index is 1.35. The number of aryl methyl sites for hydroxylation is 1. The van der Waals surface area contributed by atoms with Gasteiger partial charge in [0, 0.05) is 42.3 Å². The molecule has 0 radical (unpaired) electrons. The summed E-state index contributed by atoms with van der Waals surface area (Å²) in [4.78, 5) is 54.4. The van der Waals surface area contributed by atoms with Crippen molar-refractivity contribution in [3.63, 3.8) is 0 Å². The minimum Gasteiger partial charge on any atom is -0.427 e. The maximum atomic E-state index is 13.6. The van der Waals surface area contributed by atoms with Crippen LogP contribution in [0.25, 0.3) is 0 Å². The molecule has 194 valence electrons. The fourth-order valence-electron chi connectivity index (χ4n) is 5.27. The quantitative estimate of drug-likeness (QED) is 0.568. The van der Waals surface area contributed by atoms with E-state index in [9.17, 15) is 19.2 Å². The van der Waals surface area contributed by atoms with Gasteiger partial charge in [0.25, 0.3) is 5.91 Å². The molecule has 1 heterocycles. The maximum absolute atomic E-state index is 13.6. The molecule has 5 amide bonds. The van der Waals surface area contributed by atoms with Gasteiger partial charge in [0.1, 0.15) is 6.54 Å². The summed E-state index contributed by atoms with van der Waals surface area (Å²) in [6.45, 7) is 1.95. The third-order valence-electron chi connectivity index (χ3n) is 7.50. The van der Waals surface area contributed by atoms with Crippen molar-refractivity contribution in [2.24, 2.45) is 5.92 Å². The van der Waals surface area contributed by atoms with E-state index in [4.69, 9.17) is 16.3 Å². The molecule has 1 unspecified atom stereocenters. The van der Waals surface area contributed by atoms with E-state index in [1.165, 1.54) is 7.05 Å². The van der Waals surface area contributed by atoms with Crippen LogP contribution in [-0.4, -0.2) is 53.4 Å². The zero-order chi connectivity index (χ0) is 26.3. The van der Waals surface area contributed by atoms with E-state index in [-0.39, 0.29) is 30.9 Å². The van der Waals surface area contributed by atoms with Gasteiger partial charge in [-0.15, -0.1) is 0 Å². The topological polar surface area (TPSA) is 108 Å². The lowest BCUT2D eigenvalue weighted by Gasteiger charge is -2.31. The van der Waals surface area contributed by atoms with Gasteiger partial charge in [0.05, 0.1) is 0 Å². The van der Waals surface area contributed by atoms with Crippen LogP contribution in [0.3, 0.4) is 0 Å². The van der Waals surface area contributed by atoms with Crippen molar-refractivity contribution >= 4 is 41.2 Å². The first kappa shape index (κ1) is 25.1. The monoisotopic (exact) mass is 524 g/mol. The Labute approximate surface area is 220 Å². The average molecular weight is 525 g/mol. The Hall–Kier alpha value is -3.59. The Morgan fingerprint density at radius 2 is 2.00 bits per heavy atom. The van der Waals surface area contributed by atoms with Crippen molar-refractivity contribution in [1.29, 1.82) is 0 Å². The molecular weight excluding hydrogens is 496 g/mol. The highest BCUT2D eigenvalue weighted by atomic mass is 35.5. The van der Waals surface area contributed by atoms with Crippen LogP contribution in [0.1, 0.15) is 42.9 Å². The number of benzene rings is 2. The number of carbonyl (C=O) groups is 4. The molecule has 37 heavy (non-hydrogen) atoms. The molecule has 1 saturated carbocycles. The standard InChI is InChI=1S/C27H29ClN4O5/c1-16(18-6-7-18)31(14-17-4-3-5-20(28)12-17)23(33)15-32-24(34)27(37-26(32)36)11-10-19-13-21(8-9-22(19)27)30-25(35)29-2/h3-5,8-9,12-13,16,18H,6-7,10-11,14-15H2,1-2H3,(H2,29,30,35)/t16?,27-/m1/s1. The molecule has 3 aliphatic rings. The van der Waals surface area contributed by atoms with E-state index in [0.717, 1.165) is 28.9 Å². The van der Waals surface area contributed by atoms with Gasteiger partial charge in [-0.25, -0.2) is 14.5 Å². The van der Waals surface area contributed by atoms with Crippen LogP contribution in [0.2, 0.25) is 5.02 Å². The van der Waals surface area contributed by atoms with Crippen LogP contribution in [0, 0.1) is 5.92 Å². The third kappa shape index (κ3) is 4.75. The molecule has 5 rings (SSSR count). The van der Waals surface area contributed by atoms with Crippen molar-refractivity contribution < 1.29 is 23.9 Å². The molecule has 9 nitrogen and oxygen atoms in total. The zero-order valence-electron chi connectivity index (χ0n) is 20.8. The number of rotatable bonds is 7. The van der Waals surface area contributed by atoms with Crippen LogP contribution in [0.5, 0.6) is 0 Å². The van der Waals surface area contributed by atoms with Crippen LogP contribution in [0.15, 0.2) is 42.5 Å². The number of halogens is 1. The number of nitrogens with one attached hydrogen (secondary N) is 2. The summed E-state index contributed by atoms with van der Waals surface area (Å²) in [6, 6.07) is 12.1. The molecule has 1 aliphatic heterocycles. The minimum atomic E-state index is -1.45. The number of urea groups is 1. The van der Waals surface area contributed by atoms with E-state index < -0.39 is 17.6 Å². The highest BCUT2D eigenvalue weighted by Gasteiger charge is 2.58. The second kappa shape index (κ2) is 9.70. The first-order valence-electron chi connectivity index (χ1n) is 12.4. The minimum absolute atomic E-state index is 0.0346. The lowest BCUT2D eigenvalue weighted by Crippen LogP contribution is -2.47. The Morgan fingerprint density at radius 1 is 1.22 bits per heavy atom. The van der Waals surface area contributed by atoms with E-state index in [1.807, 2.05) is 25.1 Å². The Morgan fingerprint density at radius 3 is 2.70 bits per heavy atom. The summed E-state index contributed by atoms with van der Waals surface area (Å²) < 4.78 is 5.69. The number of fused-ring (bicyclic) bond motifs is 2. The fourth-order valence-corrected chi connectivity index (χ4v) is 5.49. The van der Waals surface area contributed by atoms with Gasteiger partial charge >= 0.3 is 12.1 Å². The number of hydrogen-bond donors (Lipinski definition) is 2. The number of ether oxygens (including phenoxy) is 1. The maximum Gasteiger partial charge on any atom is 0.418 e. The lowest BCUT2D eigenvalue weighted by atomic mass is 9.94. The summed E-state index contributed by atoms with van der Waals surface area (Å²) in [5.41, 5.74) is 1.41. The molecule has 2 fully saturated rings. The molecule has 0 aromatic heterocycles. The van der Waals surface area contributed by atoms with Crippen LogP contribution < -0.4 is 10.6 Å². The molecule has 10 heteroatoms. The molecule has 2 aromatic rings. The van der Waals surface area contributed by atoms with Gasteiger partial charge in [-0.2, -0.15) is 0 Å². The number of imide groups is 1. The highest BCUT2D eigenvalue weighted by molar-refractivity contribution is 6.30. The number of nitrogens with zero attached hydrogens (tertiary/aromatic N) is 2. The first-order valence-corrected chi connectivity index (χ1v) is 12.8. The van der Waals surface area contributed by atoms with Crippen molar-refractivity contribution in [3.05, 3.63) is 64.2 Å². The van der Waals surface area contributed by atoms with Crippen molar-refractivity contribution in [3.8, 4) is 0 Å². The Kier molecular flexibility index (Phi) is 6.58. The molecule has 2 N–H and O–H groups in total. The van der Waals surface area contributed by atoms with Gasteiger partial charge < -0.3 is 20.3 Å². The largest absolute Gasteiger partial charge is 0.427 e. The number of anilines is 1. The van der Waals surface area contributed by atoms with Gasteiger partial charge in [0.2, 0.25) is 11.5 Å². The normalized spacial score (nSPS) is 21.0. The number of amides is 5. The van der Waals surface area contributed by atoms with Crippen molar-refractivity contribution in [2.45, 2.75) is 50.8 Å². The third-order valence-corrected chi connectivity index (χ3v) is 7.73. The molecule has 1 spiro atoms. The van der Waals surface area contributed by atoms with E-state index in [2.05, 4.69) is 10.6 Å². The molecule has 2 aromatic carbocycles. The molecular formula is C27H29ClN4O5. The summed E-state index contributed by atoms with van der Waals surface area (Å²) in [5.74, 6) is -0.446. The SMILES string of the molecule is CNC(=O)Nc1ccc2c(c1)CC[C@@]21OC(=O)N(CC(=O)N(Cc2cccc(Cl)c2)C(C)C2CC2)C1=O. The van der Waals surface area contributed by atoms with E-state index in [1.54, 1.807) is 29.2 Å². The van der Waals surface area contributed by atoms with Gasteiger partial charge in [-0.3, -0.25) is 9.59 Å². The van der Waals surface area contributed by atoms with Crippen LogP contribution >= 0.6 is 11.6 Å². The average Bonchev–Trinajstić information content (AvgIpc) is 3.63. The molecule has 2 atom stereocenters. The zero-order valence-corrected chi connectivity index (χ0v) is 21.5. The smallest absolute Gasteiger partial charge is 0.418 e. The number of hydrogen-bond acceptors (Lipinski definition) is 5. The van der Waals surface area contributed by atoms with E-state index >= 15 is 0 Å². The van der Waals surface area contributed by atoms with Crippen LogP contribution in [0.4, 0.5) is 15.3 Å². The van der Waals surface area contributed by atoms with Gasteiger partial charge in [0.15, 0.2) is 0 Å². The predicted octanol–water partition coefficient (Wildman–Crippen LogP) is 4.04.